The molecule has 4 aromatic rings. The maximum Gasteiger partial charge on any atom is 0.125 e. The fraction of sp³-hybridized carbons (Fsp3) is 0.120. The van der Waals surface area contributed by atoms with Gasteiger partial charge in [0.05, 0.1) is 7.11 Å². The first-order chi connectivity index (χ1) is 14.6. The Morgan fingerprint density at radius 3 is 2.43 bits per heavy atom. The van der Waals surface area contributed by atoms with E-state index in [1.165, 1.54) is 5.39 Å². The summed E-state index contributed by atoms with van der Waals surface area (Å²) in [6.45, 7) is 0.987. The SMILES string of the molecule is COc1ccc(NCc2c(OCc3ccc(Cl)cc3Cl)ccc3ccccc23)cc1. The summed E-state index contributed by atoms with van der Waals surface area (Å²) in [5, 5.41) is 7.01. The van der Waals surface area contributed by atoms with Crippen molar-refractivity contribution in [2.24, 2.45) is 0 Å². The predicted octanol–water partition coefficient (Wildman–Crippen LogP) is 7.35. The van der Waals surface area contributed by atoms with E-state index in [4.69, 9.17) is 32.7 Å². The second-order valence-electron chi connectivity index (χ2n) is 6.87. The molecule has 4 aromatic carbocycles. The molecule has 0 amide bonds. The van der Waals surface area contributed by atoms with Gasteiger partial charge in [-0.1, -0.05) is 59.6 Å². The van der Waals surface area contributed by atoms with Crippen LogP contribution in [0.15, 0.2) is 78.9 Å². The zero-order valence-corrected chi connectivity index (χ0v) is 18.0. The molecule has 0 fully saturated rings. The van der Waals surface area contributed by atoms with Crippen molar-refractivity contribution < 1.29 is 9.47 Å². The van der Waals surface area contributed by atoms with Crippen LogP contribution < -0.4 is 14.8 Å². The zero-order valence-electron chi connectivity index (χ0n) is 16.5. The van der Waals surface area contributed by atoms with Gasteiger partial charge >= 0.3 is 0 Å². The molecule has 0 unspecified atom stereocenters. The van der Waals surface area contributed by atoms with E-state index in [0.29, 0.717) is 23.2 Å². The van der Waals surface area contributed by atoms with Gasteiger partial charge in [0.15, 0.2) is 0 Å². The molecule has 0 aliphatic rings. The second-order valence-corrected chi connectivity index (χ2v) is 7.71. The van der Waals surface area contributed by atoms with Crippen LogP contribution in [0.5, 0.6) is 11.5 Å². The van der Waals surface area contributed by atoms with E-state index in [1.807, 2.05) is 54.6 Å². The van der Waals surface area contributed by atoms with Gasteiger partial charge in [-0.15, -0.1) is 0 Å². The molecular weight excluding hydrogens is 417 g/mol. The van der Waals surface area contributed by atoms with Gasteiger partial charge in [-0.05, 0) is 53.2 Å². The molecule has 5 heteroatoms. The average molecular weight is 438 g/mol. The van der Waals surface area contributed by atoms with E-state index < -0.39 is 0 Å². The first-order valence-electron chi connectivity index (χ1n) is 9.59. The Morgan fingerprint density at radius 2 is 1.67 bits per heavy atom. The Balaban J connectivity index is 1.60. The minimum atomic E-state index is 0.365. The lowest BCUT2D eigenvalue weighted by atomic mass is 10.0. The number of methoxy groups -OCH3 is 1. The summed E-state index contributed by atoms with van der Waals surface area (Å²) >= 11 is 12.3. The summed E-state index contributed by atoms with van der Waals surface area (Å²) in [5.41, 5.74) is 2.99. The average Bonchev–Trinajstić information content (AvgIpc) is 2.77. The molecule has 1 N–H and O–H groups in total. The number of anilines is 1. The van der Waals surface area contributed by atoms with E-state index in [-0.39, 0.29) is 0 Å². The van der Waals surface area contributed by atoms with Crippen molar-refractivity contribution in [1.82, 2.24) is 0 Å². The van der Waals surface area contributed by atoms with Gasteiger partial charge in [0.1, 0.15) is 18.1 Å². The van der Waals surface area contributed by atoms with Gasteiger partial charge in [0.2, 0.25) is 0 Å². The van der Waals surface area contributed by atoms with Gasteiger partial charge < -0.3 is 14.8 Å². The molecule has 152 valence electrons. The van der Waals surface area contributed by atoms with Crippen LogP contribution in [0.25, 0.3) is 10.8 Å². The van der Waals surface area contributed by atoms with Gasteiger partial charge in [0.25, 0.3) is 0 Å². The van der Waals surface area contributed by atoms with Crippen LogP contribution >= 0.6 is 23.2 Å². The highest BCUT2D eigenvalue weighted by molar-refractivity contribution is 6.35. The molecule has 0 aromatic heterocycles. The van der Waals surface area contributed by atoms with Crippen LogP contribution in [0.1, 0.15) is 11.1 Å². The Labute approximate surface area is 186 Å². The van der Waals surface area contributed by atoms with Crippen molar-refractivity contribution in [2.75, 3.05) is 12.4 Å². The molecule has 0 atom stereocenters. The van der Waals surface area contributed by atoms with Crippen LogP contribution in [-0.2, 0) is 13.2 Å². The van der Waals surface area contributed by atoms with Crippen LogP contribution in [0.4, 0.5) is 5.69 Å². The van der Waals surface area contributed by atoms with Crippen LogP contribution in [0.2, 0.25) is 10.0 Å². The molecule has 30 heavy (non-hydrogen) atoms. The second kappa shape index (κ2) is 9.29. The van der Waals surface area contributed by atoms with Gasteiger partial charge in [-0.25, -0.2) is 0 Å². The molecule has 0 aliphatic carbocycles. The van der Waals surface area contributed by atoms with E-state index in [2.05, 4.69) is 23.5 Å². The summed E-state index contributed by atoms with van der Waals surface area (Å²) in [6, 6.07) is 25.7. The van der Waals surface area contributed by atoms with Crippen molar-refractivity contribution in [1.29, 1.82) is 0 Å². The third-order valence-corrected chi connectivity index (χ3v) is 5.54. The topological polar surface area (TPSA) is 30.5 Å². The number of halogens is 2. The van der Waals surface area contributed by atoms with Crippen LogP contribution in [0, 0.1) is 0 Å². The molecule has 0 aliphatic heterocycles. The third-order valence-electron chi connectivity index (χ3n) is 4.96. The minimum absolute atomic E-state index is 0.365. The quantitative estimate of drug-likeness (QED) is 0.327. The van der Waals surface area contributed by atoms with Crippen molar-refractivity contribution in [3.8, 4) is 11.5 Å². The number of rotatable bonds is 7. The fourth-order valence-electron chi connectivity index (χ4n) is 3.33. The molecule has 3 nitrogen and oxygen atoms in total. The highest BCUT2D eigenvalue weighted by Gasteiger charge is 2.11. The van der Waals surface area contributed by atoms with Crippen molar-refractivity contribution in [2.45, 2.75) is 13.2 Å². The standard InChI is InChI=1S/C25H21Cl2NO2/c1-29-21-11-9-20(10-12-21)28-15-23-22-5-3-2-4-17(22)7-13-25(23)30-16-18-6-8-19(26)14-24(18)27/h2-14,28H,15-16H2,1H3. The fourth-order valence-corrected chi connectivity index (χ4v) is 3.79. The molecule has 0 bridgehead atoms. The normalized spacial score (nSPS) is 10.8. The van der Waals surface area contributed by atoms with Gasteiger partial charge in [-0.3, -0.25) is 0 Å². The highest BCUT2D eigenvalue weighted by Crippen LogP contribution is 2.31. The molecular formula is C25H21Cl2NO2. The Kier molecular flexibility index (Phi) is 6.32. The maximum atomic E-state index is 6.31. The smallest absolute Gasteiger partial charge is 0.125 e. The molecule has 0 heterocycles. The monoisotopic (exact) mass is 437 g/mol. The van der Waals surface area contributed by atoms with Gasteiger partial charge in [-0.2, -0.15) is 0 Å². The Bertz CT molecular complexity index is 1160. The summed E-state index contributed by atoms with van der Waals surface area (Å²) in [4.78, 5) is 0. The third kappa shape index (κ3) is 4.64. The molecule has 0 radical (unpaired) electrons. The van der Waals surface area contributed by atoms with E-state index in [0.717, 1.165) is 33.7 Å². The van der Waals surface area contributed by atoms with Crippen LogP contribution in [0.3, 0.4) is 0 Å². The predicted molar refractivity (Wildman–Crippen MR) is 125 cm³/mol. The summed E-state index contributed by atoms with van der Waals surface area (Å²) in [7, 11) is 1.66. The maximum absolute atomic E-state index is 6.31. The molecule has 0 saturated carbocycles. The van der Waals surface area contributed by atoms with Crippen molar-refractivity contribution in [3.05, 3.63) is 100 Å². The first-order valence-corrected chi connectivity index (χ1v) is 10.3. The molecule has 0 spiro atoms. The lowest BCUT2D eigenvalue weighted by molar-refractivity contribution is 0.304. The summed E-state index contributed by atoms with van der Waals surface area (Å²) in [5.74, 6) is 1.65. The zero-order chi connectivity index (χ0) is 20.9. The van der Waals surface area contributed by atoms with Gasteiger partial charge in [0, 0.05) is 33.4 Å². The van der Waals surface area contributed by atoms with Crippen LogP contribution in [-0.4, -0.2) is 7.11 Å². The highest BCUT2D eigenvalue weighted by atomic mass is 35.5. The number of hydrogen-bond acceptors (Lipinski definition) is 3. The first kappa shape index (κ1) is 20.4. The molecule has 0 saturated heterocycles. The Hall–Kier alpha value is -2.88. The van der Waals surface area contributed by atoms with E-state index in [9.17, 15) is 0 Å². The Morgan fingerprint density at radius 1 is 0.867 bits per heavy atom. The molecule has 4 rings (SSSR count). The lowest BCUT2D eigenvalue weighted by Gasteiger charge is -2.16. The summed E-state index contributed by atoms with van der Waals surface area (Å²) in [6.07, 6.45) is 0. The number of fused-ring (bicyclic) bond motifs is 1. The van der Waals surface area contributed by atoms with E-state index in [1.54, 1.807) is 13.2 Å². The number of nitrogens with one attached hydrogen (secondary N) is 1. The minimum Gasteiger partial charge on any atom is -0.497 e. The number of hydrogen-bond donors (Lipinski definition) is 1. The largest absolute Gasteiger partial charge is 0.497 e. The van der Waals surface area contributed by atoms with Crippen molar-refractivity contribution in [3.63, 3.8) is 0 Å². The van der Waals surface area contributed by atoms with E-state index >= 15 is 0 Å². The summed E-state index contributed by atoms with van der Waals surface area (Å²) < 4.78 is 11.4. The lowest BCUT2D eigenvalue weighted by Crippen LogP contribution is -2.05. The number of benzene rings is 4. The van der Waals surface area contributed by atoms with Crippen molar-refractivity contribution >= 4 is 39.7 Å². The number of ether oxygens (including phenoxy) is 2.